The molecule has 0 amide bonds. The molecule has 0 aromatic rings. The second-order valence-electron chi connectivity index (χ2n) is 2.80. The number of rotatable bonds is 7. The molecule has 0 aromatic heterocycles. The number of allylic oxidation sites excluding steroid dienone is 1. The van der Waals surface area contributed by atoms with Crippen molar-refractivity contribution in [1.82, 2.24) is 0 Å². The molecule has 0 rings (SSSR count). The molecule has 0 fully saturated rings. The lowest BCUT2D eigenvalue weighted by molar-refractivity contribution is 0.200. The van der Waals surface area contributed by atoms with E-state index in [9.17, 15) is 4.57 Å². The fourth-order valence-corrected chi connectivity index (χ4v) is 2.41. The van der Waals surface area contributed by atoms with Crippen LogP contribution in [0.1, 0.15) is 13.3 Å². The van der Waals surface area contributed by atoms with Crippen LogP contribution in [0.25, 0.3) is 0 Å². The van der Waals surface area contributed by atoms with Crippen molar-refractivity contribution in [3.63, 3.8) is 0 Å². The van der Waals surface area contributed by atoms with E-state index >= 15 is 0 Å². The largest absolute Gasteiger partial charge is 0.333 e. The molecule has 0 N–H and O–H groups in total. The lowest BCUT2D eigenvalue weighted by Gasteiger charge is -2.18. The highest BCUT2D eigenvalue weighted by molar-refractivity contribution is 7.53. The summed E-state index contributed by atoms with van der Waals surface area (Å²) in [5, 5.41) is 0. The van der Waals surface area contributed by atoms with E-state index in [-0.39, 0.29) is 12.8 Å². The van der Waals surface area contributed by atoms with Gasteiger partial charge in [-0.15, -0.1) is 19.4 Å². The second-order valence-corrected chi connectivity index (χ2v) is 4.94. The van der Waals surface area contributed by atoms with Crippen LogP contribution in [-0.4, -0.2) is 18.9 Å². The van der Waals surface area contributed by atoms with E-state index in [0.717, 1.165) is 0 Å². The van der Waals surface area contributed by atoms with Crippen molar-refractivity contribution in [3.8, 4) is 24.7 Å². The van der Waals surface area contributed by atoms with Crippen LogP contribution in [-0.2, 0) is 13.6 Å². The zero-order valence-corrected chi connectivity index (χ0v) is 9.70. The molecule has 2 unspecified atom stereocenters. The topological polar surface area (TPSA) is 35.5 Å². The van der Waals surface area contributed by atoms with Gasteiger partial charge in [-0.3, -0.25) is 13.6 Å². The van der Waals surface area contributed by atoms with Crippen LogP contribution in [0.2, 0.25) is 0 Å². The smallest absolute Gasteiger partial charge is 0.295 e. The van der Waals surface area contributed by atoms with Crippen molar-refractivity contribution in [2.75, 3.05) is 12.8 Å². The Hall–Kier alpha value is -0.990. The van der Waals surface area contributed by atoms with Gasteiger partial charge in [-0.1, -0.05) is 17.9 Å². The average molecular weight is 226 g/mol. The van der Waals surface area contributed by atoms with Crippen molar-refractivity contribution < 1.29 is 13.6 Å². The van der Waals surface area contributed by atoms with Gasteiger partial charge in [-0.2, -0.15) is 0 Å². The lowest BCUT2D eigenvalue weighted by Crippen LogP contribution is -2.07. The molecule has 3 nitrogen and oxygen atoms in total. The highest BCUT2D eigenvalue weighted by Crippen LogP contribution is 2.49. The zero-order valence-electron chi connectivity index (χ0n) is 8.81. The Morgan fingerprint density at radius 2 is 2.27 bits per heavy atom. The number of terminal acetylenes is 2. The first-order chi connectivity index (χ1) is 7.08. The van der Waals surface area contributed by atoms with Crippen molar-refractivity contribution in [1.29, 1.82) is 0 Å². The van der Waals surface area contributed by atoms with Crippen molar-refractivity contribution in [3.05, 3.63) is 12.7 Å². The van der Waals surface area contributed by atoms with Gasteiger partial charge in [0.2, 0.25) is 0 Å². The molecule has 4 heteroatoms. The quantitative estimate of drug-likeness (QED) is 0.380. The van der Waals surface area contributed by atoms with Gasteiger partial charge in [-0.25, -0.2) is 0 Å². The third kappa shape index (κ3) is 6.15. The summed E-state index contributed by atoms with van der Waals surface area (Å²) in [5.74, 6) is 4.56. The Balaban J connectivity index is 4.42. The Morgan fingerprint density at radius 1 is 1.60 bits per heavy atom. The molecule has 0 heterocycles. The first-order valence-electron chi connectivity index (χ1n) is 4.50. The summed E-state index contributed by atoms with van der Waals surface area (Å²) in [6, 6.07) is 0. The molecule has 15 heavy (non-hydrogen) atoms. The van der Waals surface area contributed by atoms with Crippen LogP contribution in [0, 0.1) is 24.7 Å². The molecule has 0 aliphatic rings. The van der Waals surface area contributed by atoms with Gasteiger partial charge in [0, 0.05) is 0 Å². The Morgan fingerprint density at radius 3 is 2.73 bits per heavy atom. The maximum absolute atomic E-state index is 12.0. The van der Waals surface area contributed by atoms with Crippen LogP contribution in [0.15, 0.2) is 12.7 Å². The Labute approximate surface area is 91.4 Å². The molecule has 0 radical (unpaired) electrons. The minimum atomic E-state index is -3.18. The van der Waals surface area contributed by atoms with Crippen molar-refractivity contribution in [2.45, 2.75) is 19.4 Å². The van der Waals surface area contributed by atoms with E-state index in [2.05, 4.69) is 18.4 Å². The summed E-state index contributed by atoms with van der Waals surface area (Å²) in [4.78, 5) is 0. The summed E-state index contributed by atoms with van der Waals surface area (Å²) < 4.78 is 22.2. The predicted molar refractivity (Wildman–Crippen MR) is 61.5 cm³/mol. The van der Waals surface area contributed by atoms with Crippen LogP contribution in [0.3, 0.4) is 0 Å². The van der Waals surface area contributed by atoms with Gasteiger partial charge in [0.1, 0.15) is 12.7 Å². The minimum absolute atomic E-state index is 0.0499. The highest BCUT2D eigenvalue weighted by atomic mass is 31.2. The molecule has 0 aliphatic carbocycles. The molecular weight excluding hydrogens is 211 g/mol. The average Bonchev–Trinajstić information content (AvgIpc) is 2.23. The van der Waals surface area contributed by atoms with Gasteiger partial charge in [-0.05, 0) is 13.3 Å². The van der Waals surface area contributed by atoms with Crippen molar-refractivity contribution >= 4 is 7.60 Å². The SMILES string of the molecule is C#CCOP(=O)(CCC=C)OC(C)C#C. The van der Waals surface area contributed by atoms with E-state index in [1.165, 1.54) is 0 Å². The molecule has 0 aromatic carbocycles. The summed E-state index contributed by atoms with van der Waals surface area (Å²) in [5.41, 5.74) is 0. The van der Waals surface area contributed by atoms with Gasteiger partial charge in [0.05, 0.1) is 6.16 Å². The van der Waals surface area contributed by atoms with Gasteiger partial charge >= 0.3 is 7.60 Å². The Bertz CT molecular complexity index is 322. The van der Waals surface area contributed by atoms with E-state index in [1.54, 1.807) is 13.0 Å². The van der Waals surface area contributed by atoms with Gasteiger partial charge in [0.15, 0.2) is 0 Å². The third-order valence-corrected chi connectivity index (χ3v) is 3.47. The fourth-order valence-electron chi connectivity index (χ4n) is 0.804. The standard InChI is InChI=1S/C11H15O3P/c1-5-8-10-15(12,13-9-6-2)14-11(4)7-3/h2-3,5,11H,1,8-10H2,4H3. The number of hydrogen-bond donors (Lipinski definition) is 0. The molecule has 82 valence electrons. The minimum Gasteiger partial charge on any atom is -0.295 e. The summed E-state index contributed by atoms with van der Waals surface area (Å²) in [6.45, 7) is 5.11. The third-order valence-electron chi connectivity index (χ3n) is 1.51. The Kier molecular flexibility index (Phi) is 6.84. The van der Waals surface area contributed by atoms with E-state index in [4.69, 9.17) is 21.9 Å². The van der Waals surface area contributed by atoms with Crippen molar-refractivity contribution in [2.24, 2.45) is 0 Å². The molecule has 0 aliphatic heterocycles. The lowest BCUT2D eigenvalue weighted by atomic mass is 10.4. The van der Waals surface area contributed by atoms with Gasteiger partial charge in [0.25, 0.3) is 0 Å². The predicted octanol–water partition coefficient (Wildman–Crippen LogP) is 2.44. The maximum atomic E-state index is 12.0. The first kappa shape index (κ1) is 14.0. The second kappa shape index (κ2) is 7.32. The van der Waals surface area contributed by atoms with E-state index in [1.807, 2.05) is 0 Å². The summed E-state index contributed by atoms with van der Waals surface area (Å²) >= 11 is 0. The van der Waals surface area contributed by atoms with Gasteiger partial charge < -0.3 is 0 Å². The van der Waals surface area contributed by atoms with Crippen LogP contribution < -0.4 is 0 Å². The van der Waals surface area contributed by atoms with E-state index in [0.29, 0.717) is 6.42 Å². The summed E-state index contributed by atoms with van der Waals surface area (Å²) in [6.07, 6.45) is 12.0. The normalized spacial score (nSPS) is 15.7. The molecule has 0 saturated carbocycles. The molecule has 0 spiro atoms. The molecule has 2 atom stereocenters. The maximum Gasteiger partial charge on any atom is 0.333 e. The number of hydrogen-bond acceptors (Lipinski definition) is 3. The molecule has 0 saturated heterocycles. The van der Waals surface area contributed by atoms with Crippen LogP contribution in [0.5, 0.6) is 0 Å². The molecule has 0 bridgehead atoms. The fraction of sp³-hybridized carbons (Fsp3) is 0.455. The van der Waals surface area contributed by atoms with Crippen LogP contribution in [0.4, 0.5) is 0 Å². The monoisotopic (exact) mass is 226 g/mol. The summed E-state index contributed by atoms with van der Waals surface area (Å²) in [7, 11) is -3.18. The first-order valence-corrected chi connectivity index (χ1v) is 6.23. The zero-order chi connectivity index (χ0) is 11.7. The van der Waals surface area contributed by atoms with E-state index < -0.39 is 13.7 Å². The highest BCUT2D eigenvalue weighted by Gasteiger charge is 2.25. The molecular formula is C11H15O3P. The van der Waals surface area contributed by atoms with Crippen LogP contribution >= 0.6 is 7.60 Å².